The molecule has 1 spiro atoms. The van der Waals surface area contributed by atoms with E-state index in [1.54, 1.807) is 0 Å². The molecular formula is C29H39BrO4. The van der Waals surface area contributed by atoms with Crippen LogP contribution in [0.4, 0.5) is 0 Å². The summed E-state index contributed by atoms with van der Waals surface area (Å²) in [6, 6.07) is 8.13. The maximum Gasteiger partial charge on any atom is 0.202 e. The SMILES string of the molecule is C=C(c1ccc(Br)cc1)C1COC2(CC[C@@]3(C)[C@H](CC[C@@H]4[C@@H]3CC[C@]3(C)[C@@H](O)CC[C@@H]43)C2)OO1. The summed E-state index contributed by atoms with van der Waals surface area (Å²) < 4.78 is 7.51. The summed E-state index contributed by atoms with van der Waals surface area (Å²) in [7, 11) is 0. The first-order valence-electron chi connectivity index (χ1n) is 13.4. The third-order valence-corrected chi connectivity index (χ3v) is 11.6. The fourth-order valence-corrected chi connectivity index (χ4v) is 9.07. The molecule has 5 heteroatoms. The average molecular weight is 532 g/mol. The maximum absolute atomic E-state index is 10.7. The predicted molar refractivity (Wildman–Crippen MR) is 136 cm³/mol. The van der Waals surface area contributed by atoms with Crippen LogP contribution < -0.4 is 0 Å². The van der Waals surface area contributed by atoms with Gasteiger partial charge in [-0.3, -0.25) is 0 Å². The highest BCUT2D eigenvalue weighted by molar-refractivity contribution is 9.10. The van der Waals surface area contributed by atoms with E-state index in [9.17, 15) is 5.11 Å². The van der Waals surface area contributed by atoms with Crippen LogP contribution in [0.3, 0.4) is 0 Å². The molecule has 1 aromatic carbocycles. The van der Waals surface area contributed by atoms with Crippen molar-refractivity contribution in [3.05, 3.63) is 40.9 Å². The molecule has 4 nitrogen and oxygen atoms in total. The van der Waals surface area contributed by atoms with Gasteiger partial charge in [0.25, 0.3) is 0 Å². The number of hydrogen-bond acceptors (Lipinski definition) is 4. The Labute approximate surface area is 212 Å². The third-order valence-electron chi connectivity index (χ3n) is 11.0. The number of rotatable bonds is 2. The highest BCUT2D eigenvalue weighted by atomic mass is 79.9. The lowest BCUT2D eigenvalue weighted by Crippen LogP contribution is -2.58. The van der Waals surface area contributed by atoms with Crippen molar-refractivity contribution in [1.82, 2.24) is 0 Å². The molecule has 5 aliphatic rings. The second-order valence-electron chi connectivity index (χ2n) is 12.4. The minimum absolute atomic E-state index is 0.0973. The molecule has 0 radical (unpaired) electrons. The van der Waals surface area contributed by atoms with Crippen LogP contribution in [0.25, 0.3) is 5.57 Å². The van der Waals surface area contributed by atoms with Crippen molar-refractivity contribution in [2.45, 2.75) is 89.6 Å². The second-order valence-corrected chi connectivity index (χ2v) is 13.3. The number of aliphatic hydroxyl groups excluding tert-OH is 1. The summed E-state index contributed by atoms with van der Waals surface area (Å²) in [6.45, 7) is 9.66. The lowest BCUT2D eigenvalue weighted by molar-refractivity contribution is -0.489. The molecular weight excluding hydrogens is 492 g/mol. The third kappa shape index (κ3) is 3.60. The van der Waals surface area contributed by atoms with Gasteiger partial charge in [-0.1, -0.05) is 48.5 Å². The first-order chi connectivity index (χ1) is 16.2. The summed E-state index contributed by atoms with van der Waals surface area (Å²) >= 11 is 3.49. The zero-order valence-electron chi connectivity index (χ0n) is 20.6. The van der Waals surface area contributed by atoms with E-state index in [1.165, 1.54) is 32.1 Å². The van der Waals surface area contributed by atoms with Gasteiger partial charge < -0.3 is 9.84 Å². The summed E-state index contributed by atoms with van der Waals surface area (Å²) in [5.41, 5.74) is 2.43. The van der Waals surface area contributed by atoms with Crippen molar-refractivity contribution in [2.75, 3.05) is 6.61 Å². The number of halogens is 1. The zero-order valence-corrected chi connectivity index (χ0v) is 22.2. The van der Waals surface area contributed by atoms with Gasteiger partial charge in [-0.2, -0.15) is 0 Å². The Kier molecular flexibility index (Phi) is 5.85. The normalized spacial score (nSPS) is 48.1. The summed E-state index contributed by atoms with van der Waals surface area (Å²) in [5.74, 6) is 2.23. The van der Waals surface area contributed by atoms with Crippen LogP contribution in [-0.4, -0.2) is 29.7 Å². The van der Waals surface area contributed by atoms with Crippen LogP contribution in [0.1, 0.15) is 77.2 Å². The molecule has 5 fully saturated rings. The highest BCUT2D eigenvalue weighted by Gasteiger charge is 2.62. The van der Waals surface area contributed by atoms with Gasteiger partial charge in [0.05, 0.1) is 12.7 Å². The van der Waals surface area contributed by atoms with Gasteiger partial charge in [0, 0.05) is 17.3 Å². The minimum atomic E-state index is -0.611. The topological polar surface area (TPSA) is 47.9 Å². The van der Waals surface area contributed by atoms with Crippen LogP contribution in [0.15, 0.2) is 35.3 Å². The van der Waals surface area contributed by atoms with Crippen LogP contribution in [0.5, 0.6) is 0 Å². The number of aliphatic hydroxyl groups is 1. The molecule has 4 saturated carbocycles. The van der Waals surface area contributed by atoms with Crippen molar-refractivity contribution in [3.63, 3.8) is 0 Å². The maximum atomic E-state index is 10.7. The van der Waals surface area contributed by atoms with E-state index in [4.69, 9.17) is 14.5 Å². The van der Waals surface area contributed by atoms with Crippen molar-refractivity contribution in [1.29, 1.82) is 0 Å². The predicted octanol–water partition coefficient (Wildman–Crippen LogP) is 6.91. The van der Waals surface area contributed by atoms with Gasteiger partial charge in [-0.15, -0.1) is 0 Å². The number of ether oxygens (including phenoxy) is 1. The fraction of sp³-hybridized carbons (Fsp3) is 0.724. The van der Waals surface area contributed by atoms with Crippen molar-refractivity contribution in [2.24, 2.45) is 34.5 Å². The Morgan fingerprint density at radius 2 is 1.74 bits per heavy atom. The zero-order chi connectivity index (χ0) is 23.7. The monoisotopic (exact) mass is 530 g/mol. The molecule has 1 aromatic rings. The molecule has 34 heavy (non-hydrogen) atoms. The Morgan fingerprint density at radius 3 is 2.47 bits per heavy atom. The fourth-order valence-electron chi connectivity index (χ4n) is 8.81. The number of hydrogen-bond donors (Lipinski definition) is 1. The largest absolute Gasteiger partial charge is 0.393 e. The molecule has 2 unspecified atom stereocenters. The van der Waals surface area contributed by atoms with Gasteiger partial charge in [0.2, 0.25) is 5.79 Å². The summed E-state index contributed by atoms with van der Waals surface area (Å²) in [4.78, 5) is 12.0. The van der Waals surface area contributed by atoms with E-state index in [1.807, 2.05) is 24.3 Å². The smallest absolute Gasteiger partial charge is 0.202 e. The van der Waals surface area contributed by atoms with Crippen LogP contribution in [0.2, 0.25) is 0 Å². The highest BCUT2D eigenvalue weighted by Crippen LogP contribution is 2.67. The van der Waals surface area contributed by atoms with Gasteiger partial charge in [-0.25, -0.2) is 9.78 Å². The van der Waals surface area contributed by atoms with Crippen molar-refractivity contribution in [3.8, 4) is 0 Å². The van der Waals surface area contributed by atoms with E-state index in [2.05, 4.69) is 36.4 Å². The summed E-state index contributed by atoms with van der Waals surface area (Å²) in [5, 5.41) is 10.7. The Balaban J connectivity index is 1.13. The quantitative estimate of drug-likeness (QED) is 0.422. The summed E-state index contributed by atoms with van der Waals surface area (Å²) in [6.07, 6.45) is 9.77. The Hall–Kier alpha value is -0.720. The van der Waals surface area contributed by atoms with Crippen molar-refractivity contribution >= 4 is 21.5 Å². The molecule has 0 amide bonds. The Morgan fingerprint density at radius 1 is 0.971 bits per heavy atom. The van der Waals surface area contributed by atoms with E-state index < -0.39 is 5.79 Å². The van der Waals surface area contributed by atoms with Gasteiger partial charge in [-0.05, 0) is 103 Å². The van der Waals surface area contributed by atoms with Gasteiger partial charge >= 0.3 is 0 Å². The van der Waals surface area contributed by atoms with Gasteiger partial charge in [0.1, 0.15) is 6.10 Å². The number of fused-ring (bicyclic) bond motifs is 5. The lowest BCUT2D eigenvalue weighted by Gasteiger charge is -2.62. The molecule has 0 aromatic heterocycles. The second kappa shape index (κ2) is 8.41. The average Bonchev–Trinajstić information content (AvgIpc) is 3.15. The number of benzene rings is 1. The lowest BCUT2D eigenvalue weighted by atomic mass is 9.45. The van der Waals surface area contributed by atoms with Gasteiger partial charge in [0.15, 0.2) is 0 Å². The Bertz CT molecular complexity index is 938. The van der Waals surface area contributed by atoms with E-state index in [-0.39, 0.29) is 17.6 Å². The standard InChI is InChI=1S/C29H39BrO4/c1-18(19-4-7-21(30)8-5-19)25-17-32-29(34-33-25)15-14-27(2)20(16-29)6-9-22-23-10-11-26(31)28(23,3)13-12-24(22)27/h4-5,7-8,20,22-26,31H,1,6,9-17H2,2-3H3/t20-,22+,23+,24+,25?,26+,27+,28+,29?/m1/s1. The first kappa shape index (κ1) is 23.7. The molecule has 4 aliphatic carbocycles. The molecule has 1 saturated heterocycles. The van der Waals surface area contributed by atoms with Crippen molar-refractivity contribution < 1.29 is 19.6 Å². The molecule has 6 rings (SSSR count). The van der Waals surface area contributed by atoms with E-state index >= 15 is 0 Å². The minimum Gasteiger partial charge on any atom is -0.393 e. The molecule has 0 bridgehead atoms. The molecule has 1 aliphatic heterocycles. The van der Waals surface area contributed by atoms with Crippen LogP contribution in [0, 0.1) is 34.5 Å². The molecule has 9 atom stereocenters. The first-order valence-corrected chi connectivity index (χ1v) is 14.1. The molecule has 1 heterocycles. The van der Waals surface area contributed by atoms with Crippen LogP contribution in [-0.2, 0) is 14.5 Å². The molecule has 186 valence electrons. The van der Waals surface area contributed by atoms with E-state index in [0.29, 0.717) is 23.9 Å². The molecule has 1 N–H and O–H groups in total. The van der Waals surface area contributed by atoms with E-state index in [0.717, 1.165) is 53.1 Å². The van der Waals surface area contributed by atoms with Crippen LogP contribution >= 0.6 is 15.9 Å².